The smallest absolute Gasteiger partial charge is 0.0487 e. The van der Waals surface area contributed by atoms with Crippen LogP contribution in [0, 0.1) is 0 Å². The number of benzene rings is 2. The van der Waals surface area contributed by atoms with E-state index in [1.54, 1.807) is 0 Å². The molecular weight excluding hydrogens is 339 g/mol. The number of hydrogen-bond donors (Lipinski definition) is 2. The summed E-state index contributed by atoms with van der Waals surface area (Å²) in [6.07, 6.45) is 2.19. The molecule has 0 aliphatic heterocycles. The zero-order valence-corrected chi connectivity index (χ0v) is 14.8. The van der Waals surface area contributed by atoms with Crippen molar-refractivity contribution in [2.45, 2.75) is 19.4 Å². The van der Waals surface area contributed by atoms with Gasteiger partial charge in [-0.3, -0.25) is 0 Å². The van der Waals surface area contributed by atoms with Gasteiger partial charge in [0.15, 0.2) is 0 Å². The predicted octanol–water partition coefficient (Wildman–Crippen LogP) is 4.68. The van der Waals surface area contributed by atoms with Crippen molar-refractivity contribution in [2.75, 3.05) is 13.1 Å². The van der Waals surface area contributed by atoms with Crippen LogP contribution < -0.4 is 11.1 Å². The Hall–Kier alpha value is -0.770. The minimum atomic E-state index is 0. The van der Waals surface area contributed by atoms with Crippen LogP contribution in [0.1, 0.15) is 18.4 Å². The number of rotatable bonds is 7. The Bertz CT molecular complexity index is 533. The topological polar surface area (TPSA) is 38.0 Å². The van der Waals surface area contributed by atoms with Crippen LogP contribution >= 0.6 is 36.4 Å². The first kappa shape index (κ1) is 21.2. The molecule has 5 heteroatoms. The van der Waals surface area contributed by atoms with Crippen molar-refractivity contribution in [2.24, 2.45) is 5.73 Å². The van der Waals surface area contributed by atoms with E-state index >= 15 is 0 Å². The minimum Gasteiger partial charge on any atom is -0.330 e. The van der Waals surface area contributed by atoms with Crippen molar-refractivity contribution in [3.8, 4) is 11.1 Å². The fraction of sp³-hybridized carbons (Fsp3) is 0.294. The van der Waals surface area contributed by atoms with Gasteiger partial charge in [0.2, 0.25) is 0 Å². The first-order valence-corrected chi connectivity index (χ1v) is 7.43. The molecule has 2 aromatic carbocycles. The van der Waals surface area contributed by atoms with Crippen molar-refractivity contribution >= 4 is 36.4 Å². The third kappa shape index (κ3) is 6.55. The molecule has 0 aliphatic rings. The molecule has 0 saturated carbocycles. The molecule has 0 fully saturated rings. The zero-order chi connectivity index (χ0) is 14.2. The molecule has 2 rings (SSSR count). The van der Waals surface area contributed by atoms with Crippen molar-refractivity contribution in [3.05, 3.63) is 59.1 Å². The van der Waals surface area contributed by atoms with E-state index in [1.165, 1.54) is 5.56 Å². The van der Waals surface area contributed by atoms with Gasteiger partial charge in [0.1, 0.15) is 0 Å². The molecule has 0 bridgehead atoms. The second-order valence-electron chi connectivity index (χ2n) is 4.85. The van der Waals surface area contributed by atoms with E-state index in [1.807, 2.05) is 24.3 Å². The van der Waals surface area contributed by atoms with Crippen molar-refractivity contribution in [1.82, 2.24) is 5.32 Å². The Balaban J connectivity index is 0.00000220. The molecular formula is C17H23Cl3N2. The Morgan fingerprint density at radius 2 is 1.68 bits per heavy atom. The summed E-state index contributed by atoms with van der Waals surface area (Å²) in [7, 11) is 0. The van der Waals surface area contributed by atoms with E-state index in [9.17, 15) is 0 Å². The van der Waals surface area contributed by atoms with E-state index in [2.05, 4.69) is 29.6 Å². The summed E-state index contributed by atoms with van der Waals surface area (Å²) >= 11 is 6.38. The van der Waals surface area contributed by atoms with Crippen LogP contribution in [0.3, 0.4) is 0 Å². The number of halogens is 3. The van der Waals surface area contributed by atoms with Gasteiger partial charge >= 0.3 is 0 Å². The van der Waals surface area contributed by atoms with Crippen LogP contribution in [0.15, 0.2) is 48.5 Å². The quantitative estimate of drug-likeness (QED) is 0.703. The van der Waals surface area contributed by atoms with Crippen LogP contribution in [0.2, 0.25) is 5.02 Å². The van der Waals surface area contributed by atoms with Gasteiger partial charge in [0.05, 0.1) is 0 Å². The van der Waals surface area contributed by atoms with Gasteiger partial charge < -0.3 is 11.1 Å². The molecule has 0 unspecified atom stereocenters. The van der Waals surface area contributed by atoms with Crippen LogP contribution in [0.5, 0.6) is 0 Å². The summed E-state index contributed by atoms with van der Waals surface area (Å²) in [6.45, 7) is 2.61. The molecule has 0 heterocycles. The third-order valence-electron chi connectivity index (χ3n) is 3.26. The second kappa shape index (κ2) is 11.8. The molecule has 0 amide bonds. The number of unbranched alkanes of at least 4 members (excludes halogenated alkanes) is 1. The van der Waals surface area contributed by atoms with Gasteiger partial charge in [-0.2, -0.15) is 0 Å². The highest BCUT2D eigenvalue weighted by molar-refractivity contribution is 6.33. The maximum Gasteiger partial charge on any atom is 0.0487 e. The van der Waals surface area contributed by atoms with Crippen molar-refractivity contribution in [1.29, 1.82) is 0 Å². The fourth-order valence-electron chi connectivity index (χ4n) is 2.15. The van der Waals surface area contributed by atoms with Crippen molar-refractivity contribution in [3.63, 3.8) is 0 Å². The summed E-state index contributed by atoms with van der Waals surface area (Å²) in [5, 5.41) is 4.21. The van der Waals surface area contributed by atoms with E-state index in [-0.39, 0.29) is 24.8 Å². The first-order valence-electron chi connectivity index (χ1n) is 7.06. The number of nitrogens with one attached hydrogen (secondary N) is 1. The van der Waals surface area contributed by atoms with Gasteiger partial charge in [-0.25, -0.2) is 0 Å². The lowest BCUT2D eigenvalue weighted by Crippen LogP contribution is -2.15. The average molecular weight is 362 g/mol. The summed E-state index contributed by atoms with van der Waals surface area (Å²) in [4.78, 5) is 0. The molecule has 22 heavy (non-hydrogen) atoms. The molecule has 2 aromatic rings. The molecule has 2 nitrogen and oxygen atoms in total. The van der Waals surface area contributed by atoms with Gasteiger partial charge in [-0.05, 0) is 43.1 Å². The lowest BCUT2D eigenvalue weighted by molar-refractivity contribution is 0.627. The molecule has 122 valence electrons. The maximum atomic E-state index is 6.38. The maximum absolute atomic E-state index is 6.38. The SMILES string of the molecule is Cl.Cl.NCCCCNCc1ccc(-c2ccccc2)c(Cl)c1. The molecule has 3 N–H and O–H groups in total. The van der Waals surface area contributed by atoms with Crippen LogP contribution in [0.25, 0.3) is 11.1 Å². The second-order valence-corrected chi connectivity index (χ2v) is 5.26. The summed E-state index contributed by atoms with van der Waals surface area (Å²) in [5.74, 6) is 0. The van der Waals surface area contributed by atoms with Gasteiger partial charge in [-0.1, -0.05) is 54.1 Å². The molecule has 0 saturated heterocycles. The van der Waals surface area contributed by atoms with E-state index in [4.69, 9.17) is 17.3 Å². The minimum absolute atomic E-state index is 0. The number of nitrogens with two attached hydrogens (primary N) is 1. The van der Waals surface area contributed by atoms with E-state index < -0.39 is 0 Å². The Morgan fingerprint density at radius 1 is 0.955 bits per heavy atom. The van der Waals surface area contributed by atoms with Crippen LogP contribution in [0.4, 0.5) is 0 Å². The molecule has 0 spiro atoms. The predicted molar refractivity (Wildman–Crippen MR) is 101 cm³/mol. The monoisotopic (exact) mass is 360 g/mol. The Morgan fingerprint density at radius 3 is 2.32 bits per heavy atom. The Labute approximate surface area is 150 Å². The van der Waals surface area contributed by atoms with Crippen LogP contribution in [-0.2, 0) is 6.54 Å². The lowest BCUT2D eigenvalue weighted by atomic mass is 10.0. The third-order valence-corrected chi connectivity index (χ3v) is 3.57. The highest BCUT2D eigenvalue weighted by atomic mass is 35.5. The molecule has 0 radical (unpaired) electrons. The van der Waals surface area contributed by atoms with Crippen molar-refractivity contribution < 1.29 is 0 Å². The lowest BCUT2D eigenvalue weighted by Gasteiger charge is -2.08. The highest BCUT2D eigenvalue weighted by Gasteiger charge is 2.04. The van der Waals surface area contributed by atoms with Gasteiger partial charge in [0.25, 0.3) is 0 Å². The Kier molecular flexibility index (Phi) is 11.3. The van der Waals surface area contributed by atoms with Crippen LogP contribution in [-0.4, -0.2) is 13.1 Å². The van der Waals surface area contributed by atoms with Gasteiger partial charge in [-0.15, -0.1) is 24.8 Å². The summed E-state index contributed by atoms with van der Waals surface area (Å²) in [5.41, 5.74) is 8.91. The number of hydrogen-bond acceptors (Lipinski definition) is 2. The first-order chi connectivity index (χ1) is 9.81. The summed E-state index contributed by atoms with van der Waals surface area (Å²) < 4.78 is 0. The van der Waals surface area contributed by atoms with E-state index in [0.29, 0.717) is 0 Å². The highest BCUT2D eigenvalue weighted by Crippen LogP contribution is 2.28. The fourth-order valence-corrected chi connectivity index (χ4v) is 2.46. The summed E-state index contributed by atoms with van der Waals surface area (Å²) in [6, 6.07) is 16.5. The standard InChI is InChI=1S/C17H21ClN2.2ClH/c18-17-12-14(13-20-11-5-4-10-19)8-9-16(17)15-6-2-1-3-7-15;;/h1-3,6-9,12,20H,4-5,10-11,13,19H2;2*1H. The largest absolute Gasteiger partial charge is 0.330 e. The van der Waals surface area contributed by atoms with Gasteiger partial charge in [0, 0.05) is 17.1 Å². The average Bonchev–Trinajstić information content (AvgIpc) is 2.48. The molecule has 0 atom stereocenters. The molecule has 0 aliphatic carbocycles. The molecule has 0 aromatic heterocycles. The normalized spacial score (nSPS) is 9.73. The zero-order valence-electron chi connectivity index (χ0n) is 12.4. The van der Waals surface area contributed by atoms with E-state index in [0.717, 1.165) is 48.6 Å².